The second-order valence-electron chi connectivity index (χ2n) is 1.24. The number of amides is 1. The number of rotatable bonds is 1. The Morgan fingerprint density at radius 1 is 1.50 bits per heavy atom. The Balaban J connectivity index is 2.51. The van der Waals surface area contributed by atoms with Gasteiger partial charge in [-0.3, -0.25) is 4.79 Å². The molecule has 0 aromatic carbocycles. The van der Waals surface area contributed by atoms with Gasteiger partial charge in [0.1, 0.15) is 6.26 Å². The van der Waals surface area contributed by atoms with E-state index in [1.165, 1.54) is 12.5 Å². The first kappa shape index (κ1) is 4.90. The van der Waals surface area contributed by atoms with Gasteiger partial charge in [0.2, 0.25) is 6.41 Å². The van der Waals surface area contributed by atoms with Gasteiger partial charge in [0.15, 0.2) is 0 Å². The molecule has 0 N–H and O–H groups in total. The molecule has 1 rings (SSSR count). The van der Waals surface area contributed by atoms with Crippen molar-refractivity contribution in [3.8, 4) is 0 Å². The van der Waals surface area contributed by atoms with Crippen LogP contribution in [-0.4, -0.2) is 11.5 Å². The maximum atomic E-state index is 9.88. The molecule has 0 radical (unpaired) electrons. The monoisotopic (exact) mass is 111 g/mol. The Kier molecular flexibility index (Phi) is 1.32. The van der Waals surface area contributed by atoms with Gasteiger partial charge in [-0.15, -0.1) is 0 Å². The Morgan fingerprint density at radius 3 is 2.75 bits per heavy atom. The van der Waals surface area contributed by atoms with Crippen LogP contribution in [0.3, 0.4) is 0 Å². The molecule has 0 spiro atoms. The predicted molar refractivity (Wildman–Crippen MR) is 27.3 cm³/mol. The van der Waals surface area contributed by atoms with Gasteiger partial charge >= 0.3 is 0 Å². The van der Waals surface area contributed by atoms with Crippen LogP contribution in [0.25, 0.3) is 0 Å². The molecule has 0 aromatic rings. The van der Waals surface area contributed by atoms with Crippen molar-refractivity contribution in [2.24, 2.45) is 0 Å². The van der Waals surface area contributed by atoms with E-state index >= 15 is 0 Å². The molecule has 0 bridgehead atoms. The average Bonchev–Trinajstić information content (AvgIpc) is 1.90. The van der Waals surface area contributed by atoms with Crippen molar-refractivity contribution in [3.05, 3.63) is 24.6 Å². The van der Waals surface area contributed by atoms with E-state index in [4.69, 9.17) is 0 Å². The minimum absolute atomic E-state index is 0.583. The highest BCUT2D eigenvalue weighted by molar-refractivity contribution is 5.47. The molecule has 0 saturated heterocycles. The second kappa shape index (κ2) is 2.16. The highest BCUT2D eigenvalue weighted by Crippen LogP contribution is 1.94. The van der Waals surface area contributed by atoms with Crippen LogP contribution in [0, 0.1) is 0 Å². The zero-order valence-corrected chi connectivity index (χ0v) is 4.15. The van der Waals surface area contributed by atoms with E-state index in [0.29, 0.717) is 6.41 Å². The van der Waals surface area contributed by atoms with Crippen molar-refractivity contribution < 1.29 is 9.63 Å². The van der Waals surface area contributed by atoms with E-state index in [1.807, 2.05) is 0 Å². The Labute approximate surface area is 46.8 Å². The summed E-state index contributed by atoms with van der Waals surface area (Å²) < 4.78 is 0. The SMILES string of the molecule is O=CN1C=CC=CO1. The molecular weight excluding hydrogens is 106 g/mol. The molecule has 1 amide bonds. The molecule has 0 saturated carbocycles. The smallest absolute Gasteiger partial charge is 0.246 e. The van der Waals surface area contributed by atoms with Gasteiger partial charge in [-0.25, -0.2) is 0 Å². The quantitative estimate of drug-likeness (QED) is 0.459. The molecule has 42 valence electrons. The van der Waals surface area contributed by atoms with Gasteiger partial charge in [-0.2, -0.15) is 5.06 Å². The molecule has 3 heteroatoms. The molecule has 1 heterocycles. The average molecular weight is 111 g/mol. The normalized spacial score (nSPS) is 15.8. The molecular formula is C5H5NO2. The van der Waals surface area contributed by atoms with E-state index in [9.17, 15) is 4.79 Å². The standard InChI is InChI=1S/C5H5NO2/c7-5-6-3-1-2-4-8-6/h1-5H. The molecule has 8 heavy (non-hydrogen) atoms. The molecule has 1 aliphatic heterocycles. The van der Waals surface area contributed by atoms with Crippen molar-refractivity contribution >= 4 is 6.41 Å². The second-order valence-corrected chi connectivity index (χ2v) is 1.24. The fraction of sp³-hybridized carbons (Fsp3) is 0. The molecule has 0 aromatic heterocycles. The summed E-state index contributed by atoms with van der Waals surface area (Å²) in [5.74, 6) is 0. The van der Waals surface area contributed by atoms with E-state index < -0.39 is 0 Å². The van der Waals surface area contributed by atoms with Crippen molar-refractivity contribution in [1.29, 1.82) is 0 Å². The molecule has 3 nitrogen and oxygen atoms in total. The number of nitrogens with zero attached hydrogens (tertiary/aromatic N) is 1. The van der Waals surface area contributed by atoms with Gasteiger partial charge < -0.3 is 4.84 Å². The fourth-order valence-electron chi connectivity index (χ4n) is 0.380. The van der Waals surface area contributed by atoms with Crippen LogP contribution < -0.4 is 0 Å². The predicted octanol–water partition coefficient (Wildman–Crippen LogP) is 0.417. The number of carbonyl (C=O) groups is 1. The molecule has 0 unspecified atom stereocenters. The van der Waals surface area contributed by atoms with Crippen LogP contribution in [0.5, 0.6) is 0 Å². The van der Waals surface area contributed by atoms with Crippen LogP contribution >= 0.6 is 0 Å². The summed E-state index contributed by atoms with van der Waals surface area (Å²) in [7, 11) is 0. The summed E-state index contributed by atoms with van der Waals surface area (Å²) in [5.41, 5.74) is 0. The lowest BCUT2D eigenvalue weighted by Crippen LogP contribution is -2.12. The van der Waals surface area contributed by atoms with Crippen molar-refractivity contribution in [1.82, 2.24) is 5.06 Å². The van der Waals surface area contributed by atoms with Gasteiger partial charge in [0.05, 0.1) is 0 Å². The lowest BCUT2D eigenvalue weighted by Gasteiger charge is -2.10. The maximum absolute atomic E-state index is 9.88. The lowest BCUT2D eigenvalue weighted by molar-refractivity contribution is -0.141. The van der Waals surface area contributed by atoms with Crippen LogP contribution in [0.4, 0.5) is 0 Å². The summed E-state index contributed by atoms with van der Waals surface area (Å²) in [4.78, 5) is 14.5. The highest BCUT2D eigenvalue weighted by Gasteiger charge is 1.93. The minimum atomic E-state index is 0.583. The van der Waals surface area contributed by atoms with Gasteiger partial charge in [0.25, 0.3) is 0 Å². The Morgan fingerprint density at radius 2 is 2.38 bits per heavy atom. The van der Waals surface area contributed by atoms with E-state index in [-0.39, 0.29) is 0 Å². The van der Waals surface area contributed by atoms with Gasteiger partial charge in [0, 0.05) is 6.20 Å². The first-order valence-corrected chi connectivity index (χ1v) is 2.17. The number of carbonyl (C=O) groups excluding carboxylic acids is 1. The third-order valence-corrected chi connectivity index (χ3v) is 0.709. The molecule has 0 atom stereocenters. The maximum Gasteiger partial charge on any atom is 0.246 e. The Hall–Kier alpha value is -1.25. The van der Waals surface area contributed by atoms with Crippen LogP contribution in [0.1, 0.15) is 0 Å². The van der Waals surface area contributed by atoms with Crippen LogP contribution in [0.15, 0.2) is 24.6 Å². The summed E-state index contributed by atoms with van der Waals surface area (Å²) in [6.07, 6.45) is 6.93. The van der Waals surface area contributed by atoms with Crippen LogP contribution in [0.2, 0.25) is 0 Å². The van der Waals surface area contributed by atoms with Crippen molar-refractivity contribution in [3.63, 3.8) is 0 Å². The third kappa shape index (κ3) is 0.872. The van der Waals surface area contributed by atoms with Crippen molar-refractivity contribution in [2.45, 2.75) is 0 Å². The largest absolute Gasteiger partial charge is 0.381 e. The number of allylic oxidation sites excluding steroid dienone is 2. The lowest BCUT2D eigenvalue weighted by atomic mass is 10.6. The minimum Gasteiger partial charge on any atom is -0.381 e. The Bertz CT molecular complexity index is 139. The van der Waals surface area contributed by atoms with E-state index in [2.05, 4.69) is 4.84 Å². The van der Waals surface area contributed by atoms with E-state index in [1.54, 1.807) is 12.2 Å². The van der Waals surface area contributed by atoms with E-state index in [0.717, 1.165) is 5.06 Å². The zero-order valence-electron chi connectivity index (χ0n) is 4.15. The third-order valence-electron chi connectivity index (χ3n) is 0.709. The summed E-state index contributed by atoms with van der Waals surface area (Å²) >= 11 is 0. The molecule has 1 aliphatic rings. The fourth-order valence-corrected chi connectivity index (χ4v) is 0.380. The summed E-state index contributed by atoms with van der Waals surface area (Å²) in [6.45, 7) is 0. The first-order valence-electron chi connectivity index (χ1n) is 2.17. The van der Waals surface area contributed by atoms with Crippen LogP contribution in [-0.2, 0) is 9.63 Å². The van der Waals surface area contributed by atoms with Crippen molar-refractivity contribution in [2.75, 3.05) is 0 Å². The highest BCUT2D eigenvalue weighted by atomic mass is 16.7. The van der Waals surface area contributed by atoms with Gasteiger partial charge in [-0.05, 0) is 12.2 Å². The summed E-state index contributed by atoms with van der Waals surface area (Å²) in [5, 5.41) is 1.07. The number of hydrogen-bond acceptors (Lipinski definition) is 2. The molecule has 0 aliphatic carbocycles. The zero-order chi connectivity index (χ0) is 5.82. The number of hydroxylamine groups is 2. The molecule has 0 fully saturated rings. The first-order chi connectivity index (χ1) is 3.93. The van der Waals surface area contributed by atoms with Gasteiger partial charge in [-0.1, -0.05) is 0 Å². The summed E-state index contributed by atoms with van der Waals surface area (Å²) in [6, 6.07) is 0. The topological polar surface area (TPSA) is 29.5 Å². The number of hydrogen-bond donors (Lipinski definition) is 0.